The third kappa shape index (κ3) is 9.92. The number of aliphatic hydroxyl groups excluding tert-OH is 1. The zero-order chi connectivity index (χ0) is 36.1. The second-order valence-electron chi connectivity index (χ2n) is 15.2. The molecule has 270 valence electrons. The van der Waals surface area contributed by atoms with Crippen LogP contribution in [0, 0.1) is 11.8 Å². The summed E-state index contributed by atoms with van der Waals surface area (Å²) in [5.74, 6) is -1.10. The molecule has 6 unspecified atom stereocenters. The number of sulfone groups is 1. The van der Waals surface area contributed by atoms with Crippen molar-refractivity contribution in [1.82, 2.24) is 20.9 Å². The summed E-state index contributed by atoms with van der Waals surface area (Å²) < 4.78 is 27.3. The summed E-state index contributed by atoms with van der Waals surface area (Å²) in [4.78, 5) is 41.9. The lowest BCUT2D eigenvalue weighted by Gasteiger charge is -2.47. The number of β-amino-alcohol motifs (C(OH)–C–C–N with tert-alkyl or cyclic N) is 1. The van der Waals surface area contributed by atoms with Crippen LogP contribution in [-0.4, -0.2) is 84.8 Å². The zero-order valence-electron chi connectivity index (χ0n) is 29.6. The van der Waals surface area contributed by atoms with E-state index in [2.05, 4.69) is 20.9 Å². The van der Waals surface area contributed by atoms with Gasteiger partial charge in [0, 0.05) is 25.6 Å². The Morgan fingerprint density at radius 2 is 1.56 bits per heavy atom. The van der Waals surface area contributed by atoms with Crippen LogP contribution in [0.15, 0.2) is 77.7 Å². The molecule has 0 spiro atoms. The molecule has 3 aromatic carbocycles. The third-order valence-electron chi connectivity index (χ3n) is 9.98. The molecule has 2 fully saturated rings. The van der Waals surface area contributed by atoms with Crippen LogP contribution in [0.3, 0.4) is 0 Å². The van der Waals surface area contributed by atoms with Crippen molar-refractivity contribution < 1.29 is 27.9 Å². The molecule has 1 saturated heterocycles. The Labute approximate surface area is 296 Å². The number of benzene rings is 3. The first kappa shape index (κ1) is 37.5. The SMILES string of the molecule is CC(=O)NC(CS(=O)(=O)c1ccc2ccccc2c1)C(=O)NC(Cc1ccccc1)C(O)CN1CC2CCCCC2CC1C(=O)NC(C)(C)C. The van der Waals surface area contributed by atoms with Gasteiger partial charge in [0.25, 0.3) is 0 Å². The van der Waals surface area contributed by atoms with Gasteiger partial charge in [0.05, 0.1) is 28.8 Å². The summed E-state index contributed by atoms with van der Waals surface area (Å²) in [6.07, 6.45) is 4.37. The summed E-state index contributed by atoms with van der Waals surface area (Å²) >= 11 is 0. The molecule has 5 rings (SSSR count). The molecule has 3 amide bonds. The Morgan fingerprint density at radius 1 is 0.900 bits per heavy atom. The predicted octanol–water partition coefficient (Wildman–Crippen LogP) is 4.00. The minimum atomic E-state index is -4.01. The van der Waals surface area contributed by atoms with Crippen LogP contribution >= 0.6 is 0 Å². The van der Waals surface area contributed by atoms with Gasteiger partial charge in [-0.25, -0.2) is 8.42 Å². The fourth-order valence-electron chi connectivity index (χ4n) is 7.53. The molecule has 6 atom stereocenters. The smallest absolute Gasteiger partial charge is 0.243 e. The van der Waals surface area contributed by atoms with Crippen LogP contribution in [0.5, 0.6) is 0 Å². The van der Waals surface area contributed by atoms with Gasteiger partial charge < -0.3 is 21.1 Å². The molecule has 0 aromatic heterocycles. The van der Waals surface area contributed by atoms with Crippen molar-refractivity contribution in [2.24, 2.45) is 11.8 Å². The number of carbonyl (C=O) groups is 3. The van der Waals surface area contributed by atoms with E-state index in [1.807, 2.05) is 75.4 Å². The van der Waals surface area contributed by atoms with Crippen molar-refractivity contribution in [3.8, 4) is 0 Å². The monoisotopic (exact) mass is 704 g/mol. The number of nitrogens with zero attached hydrogens (tertiary/aromatic N) is 1. The van der Waals surface area contributed by atoms with Gasteiger partial charge >= 0.3 is 0 Å². The first-order chi connectivity index (χ1) is 23.7. The zero-order valence-corrected chi connectivity index (χ0v) is 30.4. The van der Waals surface area contributed by atoms with Crippen LogP contribution in [0.1, 0.15) is 65.4 Å². The van der Waals surface area contributed by atoms with Crippen LogP contribution in [0.25, 0.3) is 10.8 Å². The molecule has 1 aliphatic heterocycles. The van der Waals surface area contributed by atoms with E-state index in [1.54, 1.807) is 12.1 Å². The van der Waals surface area contributed by atoms with Gasteiger partial charge in [0.15, 0.2) is 9.84 Å². The molecule has 0 bridgehead atoms. The molecule has 2 aliphatic rings. The first-order valence-corrected chi connectivity index (χ1v) is 19.4. The normalized spacial score (nSPS) is 21.7. The number of fused-ring (bicyclic) bond motifs is 2. The molecule has 10 nitrogen and oxygen atoms in total. The molecule has 4 N–H and O–H groups in total. The summed E-state index contributed by atoms with van der Waals surface area (Å²) in [7, 11) is -4.01. The number of hydrogen-bond donors (Lipinski definition) is 4. The van der Waals surface area contributed by atoms with Crippen molar-refractivity contribution in [3.05, 3.63) is 78.4 Å². The summed E-state index contributed by atoms with van der Waals surface area (Å²) in [6, 6.07) is 18.9. The quantitative estimate of drug-likeness (QED) is 0.223. The molecule has 1 heterocycles. The highest BCUT2D eigenvalue weighted by Gasteiger charge is 2.42. The lowest BCUT2D eigenvalue weighted by atomic mass is 9.72. The van der Waals surface area contributed by atoms with Gasteiger partial charge in [-0.3, -0.25) is 19.3 Å². The van der Waals surface area contributed by atoms with Crippen LogP contribution in [0.4, 0.5) is 0 Å². The maximum Gasteiger partial charge on any atom is 0.243 e. The number of nitrogens with one attached hydrogen (secondary N) is 3. The second-order valence-corrected chi connectivity index (χ2v) is 17.2. The highest BCUT2D eigenvalue weighted by molar-refractivity contribution is 7.91. The van der Waals surface area contributed by atoms with Gasteiger partial charge in [-0.1, -0.05) is 79.9 Å². The molecule has 11 heteroatoms. The molecular formula is C39H52N4O6S. The van der Waals surface area contributed by atoms with E-state index in [1.165, 1.54) is 13.0 Å². The first-order valence-electron chi connectivity index (χ1n) is 17.8. The predicted molar refractivity (Wildman–Crippen MR) is 195 cm³/mol. The molecule has 1 saturated carbocycles. The van der Waals surface area contributed by atoms with Crippen LogP contribution in [-0.2, 0) is 30.6 Å². The standard InChI is InChI=1S/C39H52N4O6S/c1-26(44)40-34(25-50(48,49)32-19-18-28-14-8-9-15-29(28)21-32)37(46)41-33(20-27-12-6-5-7-13-27)36(45)24-43-23-31-17-11-10-16-30(31)22-35(43)38(47)42-39(2,3)4/h5-9,12-15,18-19,21,30-31,33-36,45H,10-11,16-17,20,22-25H2,1-4H3,(H,40,44)(H,41,46)(H,42,47). The summed E-state index contributed by atoms with van der Waals surface area (Å²) in [5, 5.41) is 22.1. The minimum absolute atomic E-state index is 0.0471. The number of aliphatic hydroxyl groups is 1. The number of rotatable bonds is 12. The summed E-state index contributed by atoms with van der Waals surface area (Å²) in [6.45, 7) is 7.91. The number of hydrogen-bond acceptors (Lipinski definition) is 7. The molecule has 50 heavy (non-hydrogen) atoms. The molecule has 0 radical (unpaired) electrons. The highest BCUT2D eigenvalue weighted by atomic mass is 32.2. The van der Waals surface area contributed by atoms with Crippen LogP contribution in [0.2, 0.25) is 0 Å². The van der Waals surface area contributed by atoms with Crippen LogP contribution < -0.4 is 16.0 Å². The Balaban J connectivity index is 1.38. The maximum atomic E-state index is 13.9. The highest BCUT2D eigenvalue weighted by Crippen LogP contribution is 2.39. The van der Waals surface area contributed by atoms with Gasteiger partial charge in [-0.2, -0.15) is 0 Å². The number of carbonyl (C=O) groups excluding carboxylic acids is 3. The fourth-order valence-corrected chi connectivity index (χ4v) is 8.98. The lowest BCUT2D eigenvalue weighted by molar-refractivity contribution is -0.133. The van der Waals surface area contributed by atoms with Gasteiger partial charge in [-0.15, -0.1) is 0 Å². The minimum Gasteiger partial charge on any atom is -0.390 e. The Hall–Kier alpha value is -3.80. The van der Waals surface area contributed by atoms with Crippen molar-refractivity contribution in [2.75, 3.05) is 18.8 Å². The summed E-state index contributed by atoms with van der Waals surface area (Å²) in [5.41, 5.74) is 0.449. The number of amides is 3. The fraction of sp³-hybridized carbons (Fsp3) is 0.513. The van der Waals surface area contributed by atoms with E-state index in [9.17, 15) is 27.9 Å². The van der Waals surface area contributed by atoms with E-state index < -0.39 is 57.2 Å². The van der Waals surface area contributed by atoms with Crippen molar-refractivity contribution in [3.63, 3.8) is 0 Å². The number of piperidine rings is 1. The van der Waals surface area contributed by atoms with Gasteiger partial charge in [-0.05, 0) is 80.3 Å². The molecule has 3 aromatic rings. The lowest BCUT2D eigenvalue weighted by Crippen LogP contribution is -2.61. The maximum absolute atomic E-state index is 13.9. The molecule has 1 aliphatic carbocycles. The van der Waals surface area contributed by atoms with E-state index in [-0.39, 0.29) is 23.8 Å². The Morgan fingerprint density at radius 3 is 2.24 bits per heavy atom. The average molecular weight is 705 g/mol. The van der Waals surface area contributed by atoms with E-state index in [4.69, 9.17) is 0 Å². The molecular weight excluding hydrogens is 653 g/mol. The number of likely N-dealkylation sites (tertiary alicyclic amines) is 1. The van der Waals surface area contributed by atoms with E-state index in [0.29, 0.717) is 24.8 Å². The Bertz CT molecular complexity index is 1760. The van der Waals surface area contributed by atoms with Gasteiger partial charge in [0.1, 0.15) is 6.04 Å². The third-order valence-corrected chi connectivity index (χ3v) is 11.7. The van der Waals surface area contributed by atoms with Gasteiger partial charge in [0.2, 0.25) is 17.7 Å². The van der Waals surface area contributed by atoms with Crippen molar-refractivity contribution in [1.29, 1.82) is 0 Å². The Kier molecular flexibility index (Phi) is 12.0. The topological polar surface area (TPSA) is 145 Å². The average Bonchev–Trinajstić information content (AvgIpc) is 3.06. The largest absolute Gasteiger partial charge is 0.390 e. The second kappa shape index (κ2) is 16.0. The van der Waals surface area contributed by atoms with E-state index >= 15 is 0 Å². The van der Waals surface area contributed by atoms with Crippen molar-refractivity contribution in [2.45, 2.75) is 101 Å². The van der Waals surface area contributed by atoms with E-state index in [0.717, 1.165) is 42.0 Å². The van der Waals surface area contributed by atoms with Crippen molar-refractivity contribution >= 4 is 38.3 Å².